The predicted molar refractivity (Wildman–Crippen MR) is 46.9 cm³/mol. The molecule has 0 aromatic carbocycles. The predicted octanol–water partition coefficient (Wildman–Crippen LogP) is 2.47. The maximum Gasteiger partial charge on any atom is 0.00388 e. The van der Waals surface area contributed by atoms with Crippen molar-refractivity contribution in [2.24, 2.45) is 5.73 Å². The third-order valence-electron chi connectivity index (χ3n) is 1.64. The fourth-order valence-electron chi connectivity index (χ4n) is 1.04. The van der Waals surface area contributed by atoms with Crippen molar-refractivity contribution in [3.05, 3.63) is 12.7 Å². The Kier molecular flexibility index (Phi) is 6.61. The first kappa shape index (κ1) is 9.70. The fourth-order valence-corrected chi connectivity index (χ4v) is 1.04. The van der Waals surface area contributed by atoms with Gasteiger partial charge < -0.3 is 5.73 Å². The minimum Gasteiger partial charge on any atom is -0.328 e. The summed E-state index contributed by atoms with van der Waals surface area (Å²) in [4.78, 5) is 0. The molecule has 0 bridgehead atoms. The summed E-state index contributed by atoms with van der Waals surface area (Å²) in [5, 5.41) is 0. The van der Waals surface area contributed by atoms with E-state index >= 15 is 0 Å². The van der Waals surface area contributed by atoms with E-state index in [1.54, 1.807) is 0 Å². The Morgan fingerprint density at radius 2 is 2.20 bits per heavy atom. The van der Waals surface area contributed by atoms with E-state index < -0.39 is 0 Å². The molecule has 2 N–H and O–H groups in total. The molecule has 1 heteroatoms. The number of unbranched alkanes of at least 4 members (excludes halogenated alkanes) is 1. The first-order chi connectivity index (χ1) is 4.81. The lowest BCUT2D eigenvalue weighted by molar-refractivity contribution is 0.542. The van der Waals surface area contributed by atoms with Crippen LogP contribution >= 0.6 is 0 Å². The van der Waals surface area contributed by atoms with Gasteiger partial charge in [0.05, 0.1) is 0 Å². The standard InChI is InChI=1S/C9H19N/c1-3-5-6-8-9(10)7-4-2/h3,9H,1,4-8,10H2,2H3. The lowest BCUT2D eigenvalue weighted by atomic mass is 10.1. The van der Waals surface area contributed by atoms with Gasteiger partial charge in [-0.2, -0.15) is 0 Å². The molecule has 0 saturated carbocycles. The van der Waals surface area contributed by atoms with Crippen molar-refractivity contribution >= 4 is 0 Å². The maximum absolute atomic E-state index is 5.79. The van der Waals surface area contributed by atoms with E-state index in [0.29, 0.717) is 6.04 Å². The Bertz CT molecular complexity index is 78.8. The zero-order valence-electron chi connectivity index (χ0n) is 6.97. The first-order valence-corrected chi connectivity index (χ1v) is 4.17. The van der Waals surface area contributed by atoms with Crippen LogP contribution in [0.15, 0.2) is 12.7 Å². The summed E-state index contributed by atoms with van der Waals surface area (Å²) in [6, 6.07) is 0.421. The van der Waals surface area contributed by atoms with Crippen LogP contribution < -0.4 is 5.73 Å². The molecule has 10 heavy (non-hydrogen) atoms. The van der Waals surface area contributed by atoms with E-state index in [1.165, 1.54) is 12.8 Å². The fraction of sp³-hybridized carbons (Fsp3) is 0.778. The van der Waals surface area contributed by atoms with E-state index in [4.69, 9.17) is 5.73 Å². The molecule has 1 unspecified atom stereocenters. The van der Waals surface area contributed by atoms with Crippen LogP contribution in [0.5, 0.6) is 0 Å². The highest BCUT2D eigenvalue weighted by molar-refractivity contribution is 4.68. The van der Waals surface area contributed by atoms with E-state index in [2.05, 4.69) is 13.5 Å². The van der Waals surface area contributed by atoms with Gasteiger partial charge in [-0.25, -0.2) is 0 Å². The lowest BCUT2D eigenvalue weighted by Crippen LogP contribution is -2.18. The second kappa shape index (κ2) is 6.81. The molecule has 60 valence electrons. The number of nitrogens with two attached hydrogens (primary N) is 1. The minimum absolute atomic E-state index is 0.421. The van der Waals surface area contributed by atoms with E-state index in [0.717, 1.165) is 19.3 Å². The molecule has 0 aromatic rings. The number of rotatable bonds is 6. The first-order valence-electron chi connectivity index (χ1n) is 4.17. The van der Waals surface area contributed by atoms with E-state index in [9.17, 15) is 0 Å². The summed E-state index contributed by atoms with van der Waals surface area (Å²) in [5.41, 5.74) is 5.79. The molecule has 0 heterocycles. The Labute approximate surface area is 64.3 Å². The van der Waals surface area contributed by atoms with Crippen molar-refractivity contribution < 1.29 is 0 Å². The maximum atomic E-state index is 5.79. The molecule has 1 nitrogen and oxygen atoms in total. The molecule has 1 atom stereocenters. The zero-order valence-corrected chi connectivity index (χ0v) is 6.97. The minimum atomic E-state index is 0.421. The molecule has 0 aliphatic heterocycles. The second-order valence-electron chi connectivity index (χ2n) is 2.77. The van der Waals surface area contributed by atoms with Crippen LogP contribution in [-0.4, -0.2) is 6.04 Å². The molecular weight excluding hydrogens is 122 g/mol. The average molecular weight is 141 g/mol. The molecular formula is C9H19N. The molecule has 0 rings (SSSR count). The van der Waals surface area contributed by atoms with Crippen molar-refractivity contribution in [1.29, 1.82) is 0 Å². The lowest BCUT2D eigenvalue weighted by Gasteiger charge is -2.07. The molecule has 0 amide bonds. The molecule has 0 spiro atoms. The van der Waals surface area contributed by atoms with Crippen LogP contribution in [0.3, 0.4) is 0 Å². The summed E-state index contributed by atoms with van der Waals surface area (Å²) in [6.45, 7) is 5.84. The van der Waals surface area contributed by atoms with Crippen molar-refractivity contribution in [2.75, 3.05) is 0 Å². The Morgan fingerprint density at radius 3 is 2.70 bits per heavy atom. The van der Waals surface area contributed by atoms with Gasteiger partial charge in [0.2, 0.25) is 0 Å². The van der Waals surface area contributed by atoms with Crippen molar-refractivity contribution in [3.63, 3.8) is 0 Å². The van der Waals surface area contributed by atoms with Gasteiger partial charge in [-0.3, -0.25) is 0 Å². The molecule has 0 aromatic heterocycles. The van der Waals surface area contributed by atoms with Crippen molar-refractivity contribution in [1.82, 2.24) is 0 Å². The van der Waals surface area contributed by atoms with Gasteiger partial charge in [-0.15, -0.1) is 6.58 Å². The molecule has 0 radical (unpaired) electrons. The number of hydrogen-bond donors (Lipinski definition) is 1. The summed E-state index contributed by atoms with van der Waals surface area (Å²) >= 11 is 0. The van der Waals surface area contributed by atoms with Crippen LogP contribution in [-0.2, 0) is 0 Å². The smallest absolute Gasteiger partial charge is 0.00388 e. The highest BCUT2D eigenvalue weighted by atomic mass is 14.6. The summed E-state index contributed by atoms with van der Waals surface area (Å²) in [6.07, 6.45) is 7.78. The molecule has 0 saturated heterocycles. The second-order valence-corrected chi connectivity index (χ2v) is 2.77. The number of hydrogen-bond acceptors (Lipinski definition) is 1. The zero-order chi connectivity index (χ0) is 7.82. The van der Waals surface area contributed by atoms with Crippen molar-refractivity contribution in [3.8, 4) is 0 Å². The van der Waals surface area contributed by atoms with E-state index in [1.807, 2.05) is 6.08 Å². The number of allylic oxidation sites excluding steroid dienone is 1. The highest BCUT2D eigenvalue weighted by Gasteiger charge is 1.98. The average Bonchev–Trinajstić information content (AvgIpc) is 1.89. The summed E-state index contributed by atoms with van der Waals surface area (Å²) in [7, 11) is 0. The van der Waals surface area contributed by atoms with Crippen LogP contribution in [0, 0.1) is 0 Å². The normalized spacial score (nSPS) is 13.0. The van der Waals surface area contributed by atoms with Gasteiger partial charge >= 0.3 is 0 Å². The van der Waals surface area contributed by atoms with Gasteiger partial charge in [0.1, 0.15) is 0 Å². The Balaban J connectivity index is 3.04. The topological polar surface area (TPSA) is 26.0 Å². The SMILES string of the molecule is C=CCCCC(N)CCC. The van der Waals surface area contributed by atoms with Gasteiger partial charge in [-0.05, 0) is 25.7 Å². The van der Waals surface area contributed by atoms with Crippen LogP contribution in [0.4, 0.5) is 0 Å². The van der Waals surface area contributed by atoms with Gasteiger partial charge in [0.25, 0.3) is 0 Å². The highest BCUT2D eigenvalue weighted by Crippen LogP contribution is 2.03. The third kappa shape index (κ3) is 5.83. The molecule has 0 aliphatic carbocycles. The monoisotopic (exact) mass is 141 g/mol. The van der Waals surface area contributed by atoms with Crippen LogP contribution in [0.2, 0.25) is 0 Å². The summed E-state index contributed by atoms with van der Waals surface area (Å²) in [5.74, 6) is 0. The Hall–Kier alpha value is -0.300. The quantitative estimate of drug-likeness (QED) is 0.446. The van der Waals surface area contributed by atoms with E-state index in [-0.39, 0.29) is 0 Å². The summed E-state index contributed by atoms with van der Waals surface area (Å²) < 4.78 is 0. The van der Waals surface area contributed by atoms with Crippen LogP contribution in [0.1, 0.15) is 39.0 Å². The van der Waals surface area contributed by atoms with Crippen LogP contribution in [0.25, 0.3) is 0 Å². The van der Waals surface area contributed by atoms with Gasteiger partial charge in [0.15, 0.2) is 0 Å². The third-order valence-corrected chi connectivity index (χ3v) is 1.64. The van der Waals surface area contributed by atoms with Crippen molar-refractivity contribution in [2.45, 2.75) is 45.1 Å². The van der Waals surface area contributed by atoms with Gasteiger partial charge in [0, 0.05) is 6.04 Å². The molecule has 0 aliphatic rings. The largest absolute Gasteiger partial charge is 0.328 e. The Morgan fingerprint density at radius 1 is 1.50 bits per heavy atom. The van der Waals surface area contributed by atoms with Gasteiger partial charge in [-0.1, -0.05) is 19.4 Å². The molecule has 0 fully saturated rings.